The SMILES string of the molecule is CN(CC1CCCNC1)C(=O)c1cccc(OC(F)F)c1. The molecule has 1 aromatic rings. The maximum absolute atomic E-state index is 12.3. The van der Waals surface area contributed by atoms with Crippen molar-refractivity contribution in [2.45, 2.75) is 19.5 Å². The van der Waals surface area contributed by atoms with Crippen molar-refractivity contribution in [3.63, 3.8) is 0 Å². The van der Waals surface area contributed by atoms with Gasteiger partial charge in [0.15, 0.2) is 0 Å². The van der Waals surface area contributed by atoms with Crippen LogP contribution in [0.4, 0.5) is 8.78 Å². The quantitative estimate of drug-likeness (QED) is 0.907. The fourth-order valence-corrected chi connectivity index (χ4v) is 2.58. The van der Waals surface area contributed by atoms with E-state index in [1.165, 1.54) is 12.1 Å². The van der Waals surface area contributed by atoms with E-state index in [4.69, 9.17) is 0 Å². The van der Waals surface area contributed by atoms with Crippen LogP contribution in [0, 0.1) is 5.92 Å². The molecule has 21 heavy (non-hydrogen) atoms. The van der Waals surface area contributed by atoms with E-state index < -0.39 is 6.61 Å². The average molecular weight is 298 g/mol. The van der Waals surface area contributed by atoms with Gasteiger partial charge in [0.25, 0.3) is 5.91 Å². The van der Waals surface area contributed by atoms with Gasteiger partial charge >= 0.3 is 6.61 Å². The Labute approximate surface area is 123 Å². The average Bonchev–Trinajstić information content (AvgIpc) is 2.47. The van der Waals surface area contributed by atoms with Crippen LogP contribution in [0.1, 0.15) is 23.2 Å². The van der Waals surface area contributed by atoms with E-state index in [9.17, 15) is 13.6 Å². The van der Waals surface area contributed by atoms with Gasteiger partial charge in [-0.1, -0.05) is 6.07 Å². The van der Waals surface area contributed by atoms with Crippen LogP contribution in [0.3, 0.4) is 0 Å². The predicted molar refractivity (Wildman–Crippen MR) is 75.6 cm³/mol. The Hall–Kier alpha value is -1.69. The minimum absolute atomic E-state index is 0.00332. The lowest BCUT2D eigenvalue weighted by atomic mass is 9.99. The lowest BCUT2D eigenvalue weighted by molar-refractivity contribution is -0.0499. The minimum atomic E-state index is -2.89. The Bertz CT molecular complexity index is 476. The zero-order chi connectivity index (χ0) is 15.2. The maximum atomic E-state index is 12.3. The summed E-state index contributed by atoms with van der Waals surface area (Å²) >= 11 is 0. The standard InChI is InChI=1S/C15H20F2N2O2/c1-19(10-11-4-3-7-18-9-11)14(20)12-5-2-6-13(8-12)21-15(16)17/h2,5-6,8,11,15,18H,3-4,7,9-10H2,1H3. The van der Waals surface area contributed by atoms with Crippen LogP contribution in [-0.4, -0.2) is 44.1 Å². The van der Waals surface area contributed by atoms with E-state index in [0.717, 1.165) is 25.9 Å². The highest BCUT2D eigenvalue weighted by Crippen LogP contribution is 2.18. The highest BCUT2D eigenvalue weighted by Gasteiger charge is 2.19. The van der Waals surface area contributed by atoms with Gasteiger partial charge in [-0.3, -0.25) is 4.79 Å². The summed E-state index contributed by atoms with van der Waals surface area (Å²) < 4.78 is 28.7. The Morgan fingerprint density at radius 1 is 1.52 bits per heavy atom. The van der Waals surface area contributed by atoms with Crippen LogP contribution in [0.25, 0.3) is 0 Å². The summed E-state index contributed by atoms with van der Waals surface area (Å²) in [6.45, 7) is -0.291. The third kappa shape index (κ3) is 4.67. The molecule has 0 aliphatic carbocycles. The number of ether oxygens (including phenoxy) is 1. The number of nitrogens with one attached hydrogen (secondary N) is 1. The molecule has 0 bridgehead atoms. The zero-order valence-corrected chi connectivity index (χ0v) is 12.0. The van der Waals surface area contributed by atoms with Gasteiger partial charge in [-0.25, -0.2) is 0 Å². The van der Waals surface area contributed by atoms with Gasteiger partial charge in [-0.2, -0.15) is 8.78 Å². The molecule has 2 rings (SSSR count). The summed E-state index contributed by atoms with van der Waals surface area (Å²) in [5.74, 6) is 0.261. The highest BCUT2D eigenvalue weighted by molar-refractivity contribution is 5.94. The van der Waals surface area contributed by atoms with E-state index in [0.29, 0.717) is 18.0 Å². The number of hydrogen-bond acceptors (Lipinski definition) is 3. The summed E-state index contributed by atoms with van der Waals surface area (Å²) in [4.78, 5) is 14.0. The minimum Gasteiger partial charge on any atom is -0.435 e. The second-order valence-corrected chi connectivity index (χ2v) is 5.30. The van der Waals surface area contributed by atoms with Crippen LogP contribution in [0.5, 0.6) is 5.75 Å². The number of alkyl halides is 2. The number of carbonyl (C=O) groups excluding carboxylic acids is 1. The Kier molecular flexibility index (Phi) is 5.50. The predicted octanol–water partition coefficient (Wildman–Crippen LogP) is 2.36. The van der Waals surface area contributed by atoms with Crippen LogP contribution in [0.15, 0.2) is 24.3 Å². The largest absolute Gasteiger partial charge is 0.435 e. The summed E-state index contributed by atoms with van der Waals surface area (Å²) in [6.07, 6.45) is 2.21. The molecule has 0 spiro atoms. The third-order valence-corrected chi connectivity index (χ3v) is 3.58. The van der Waals surface area contributed by atoms with Crippen molar-refractivity contribution >= 4 is 5.91 Å². The van der Waals surface area contributed by atoms with Gasteiger partial charge in [0, 0.05) is 19.2 Å². The van der Waals surface area contributed by atoms with E-state index in [-0.39, 0.29) is 11.7 Å². The lowest BCUT2D eigenvalue weighted by Crippen LogP contribution is -2.39. The molecule has 1 heterocycles. The number of hydrogen-bond donors (Lipinski definition) is 1. The van der Waals surface area contributed by atoms with Gasteiger partial charge in [0.05, 0.1) is 0 Å². The summed E-state index contributed by atoms with van der Waals surface area (Å²) in [6, 6.07) is 5.91. The Balaban J connectivity index is 1.97. The normalized spacial score (nSPS) is 18.6. The van der Waals surface area contributed by atoms with E-state index in [1.807, 2.05) is 0 Å². The molecule has 0 radical (unpaired) electrons. The molecule has 1 unspecified atom stereocenters. The molecule has 116 valence electrons. The second-order valence-electron chi connectivity index (χ2n) is 5.30. The number of nitrogens with zero attached hydrogens (tertiary/aromatic N) is 1. The van der Waals surface area contributed by atoms with Gasteiger partial charge < -0.3 is 15.0 Å². The molecule has 1 aliphatic rings. The van der Waals surface area contributed by atoms with Gasteiger partial charge in [-0.05, 0) is 50.0 Å². The smallest absolute Gasteiger partial charge is 0.387 e. The molecule has 1 amide bonds. The van der Waals surface area contributed by atoms with Crippen molar-refractivity contribution in [2.24, 2.45) is 5.92 Å². The first-order valence-electron chi connectivity index (χ1n) is 7.07. The van der Waals surface area contributed by atoms with Crippen LogP contribution < -0.4 is 10.1 Å². The van der Waals surface area contributed by atoms with Crippen molar-refractivity contribution in [3.05, 3.63) is 29.8 Å². The molecule has 4 nitrogen and oxygen atoms in total. The number of amides is 1. The zero-order valence-electron chi connectivity index (χ0n) is 12.0. The number of benzene rings is 1. The van der Waals surface area contributed by atoms with Crippen molar-refractivity contribution in [1.82, 2.24) is 10.2 Å². The monoisotopic (exact) mass is 298 g/mol. The van der Waals surface area contributed by atoms with Gasteiger partial charge in [-0.15, -0.1) is 0 Å². The first kappa shape index (κ1) is 15.7. The van der Waals surface area contributed by atoms with Gasteiger partial charge in [0.1, 0.15) is 5.75 Å². The third-order valence-electron chi connectivity index (χ3n) is 3.58. The molecule has 1 N–H and O–H groups in total. The molecular formula is C15H20F2N2O2. The first-order chi connectivity index (χ1) is 10.1. The fraction of sp³-hybridized carbons (Fsp3) is 0.533. The highest BCUT2D eigenvalue weighted by atomic mass is 19.3. The molecule has 1 aliphatic heterocycles. The van der Waals surface area contributed by atoms with Crippen LogP contribution in [-0.2, 0) is 0 Å². The molecule has 1 atom stereocenters. The van der Waals surface area contributed by atoms with Crippen molar-refractivity contribution in [1.29, 1.82) is 0 Å². The number of rotatable bonds is 5. The molecule has 1 saturated heterocycles. The molecule has 1 fully saturated rings. The van der Waals surface area contributed by atoms with Crippen LogP contribution >= 0.6 is 0 Å². The van der Waals surface area contributed by atoms with Crippen molar-refractivity contribution in [2.75, 3.05) is 26.7 Å². The topological polar surface area (TPSA) is 41.6 Å². The molecule has 1 aromatic carbocycles. The van der Waals surface area contributed by atoms with E-state index in [2.05, 4.69) is 10.1 Å². The van der Waals surface area contributed by atoms with E-state index in [1.54, 1.807) is 24.1 Å². The Morgan fingerprint density at radius 3 is 3.00 bits per heavy atom. The Morgan fingerprint density at radius 2 is 2.33 bits per heavy atom. The molecule has 0 aromatic heterocycles. The lowest BCUT2D eigenvalue weighted by Gasteiger charge is -2.27. The fourth-order valence-electron chi connectivity index (χ4n) is 2.58. The summed E-state index contributed by atoms with van der Waals surface area (Å²) in [5, 5.41) is 3.31. The molecular weight excluding hydrogens is 278 g/mol. The summed E-state index contributed by atoms with van der Waals surface area (Å²) in [7, 11) is 1.73. The molecule has 6 heteroatoms. The van der Waals surface area contributed by atoms with Crippen LogP contribution in [0.2, 0.25) is 0 Å². The maximum Gasteiger partial charge on any atom is 0.387 e. The van der Waals surface area contributed by atoms with Crippen molar-refractivity contribution in [3.8, 4) is 5.75 Å². The van der Waals surface area contributed by atoms with E-state index >= 15 is 0 Å². The van der Waals surface area contributed by atoms with Crippen molar-refractivity contribution < 1.29 is 18.3 Å². The number of halogens is 2. The number of piperidine rings is 1. The van der Waals surface area contributed by atoms with Gasteiger partial charge in [0.2, 0.25) is 0 Å². The second kappa shape index (κ2) is 7.36. The summed E-state index contributed by atoms with van der Waals surface area (Å²) in [5.41, 5.74) is 0.361. The molecule has 0 saturated carbocycles. The first-order valence-corrected chi connectivity index (χ1v) is 7.07. The number of carbonyl (C=O) groups is 1.